The Labute approximate surface area is 120 Å². The first-order chi connectivity index (χ1) is 9.08. The lowest BCUT2D eigenvalue weighted by atomic mass is 10.1. The Morgan fingerprint density at radius 3 is 2.00 bits per heavy atom. The smallest absolute Gasteiger partial charge is 0.385 e. The van der Waals surface area contributed by atoms with E-state index in [0.29, 0.717) is 0 Å². The van der Waals surface area contributed by atoms with Crippen LogP contribution in [-0.4, -0.2) is 21.5 Å². The van der Waals surface area contributed by atoms with Crippen LogP contribution >= 0.6 is 0 Å². The second-order valence-electron chi connectivity index (χ2n) is 5.40. The quantitative estimate of drug-likeness (QED) is 0.494. The van der Waals surface area contributed by atoms with E-state index in [1.165, 1.54) is 18.4 Å². The molecule has 0 aliphatic carbocycles. The minimum atomic E-state index is -1.10. The van der Waals surface area contributed by atoms with Gasteiger partial charge in [0.15, 0.2) is 0 Å². The van der Waals surface area contributed by atoms with Gasteiger partial charge in [0.05, 0.1) is 0 Å². The third kappa shape index (κ3) is 8.19. The highest BCUT2D eigenvalue weighted by Crippen LogP contribution is 2.12. The number of benzene rings is 1. The molecule has 0 N–H and O–H groups in total. The van der Waals surface area contributed by atoms with Crippen LogP contribution in [0, 0.1) is 0 Å². The van der Waals surface area contributed by atoms with Gasteiger partial charge >= 0.3 is 9.28 Å². The van der Waals surface area contributed by atoms with Gasteiger partial charge in [-0.15, -0.1) is 0 Å². The Balaban J connectivity index is 2.23. The minimum Gasteiger partial charge on any atom is -0.391 e. The van der Waals surface area contributed by atoms with Gasteiger partial charge in [-0.1, -0.05) is 36.8 Å². The minimum absolute atomic E-state index is 0.266. The molecule has 0 aromatic heterocycles. The van der Waals surface area contributed by atoms with E-state index < -0.39 is 9.28 Å². The maximum Gasteiger partial charge on any atom is 0.385 e. The molecule has 107 valence electrons. The van der Waals surface area contributed by atoms with Gasteiger partial charge in [0, 0.05) is 12.2 Å². The van der Waals surface area contributed by atoms with Crippen molar-refractivity contribution in [3.05, 3.63) is 35.9 Å². The second-order valence-corrected chi connectivity index (χ2v) is 7.11. The first-order valence-corrected chi connectivity index (χ1v) is 8.83. The predicted octanol–water partition coefficient (Wildman–Crippen LogP) is 4.35. The Hall–Kier alpha value is -0.643. The lowest BCUT2D eigenvalue weighted by Crippen LogP contribution is -2.29. The Kier molecular flexibility index (Phi) is 8.02. The van der Waals surface area contributed by atoms with Gasteiger partial charge < -0.3 is 8.85 Å². The molecule has 0 bridgehead atoms. The van der Waals surface area contributed by atoms with E-state index in [2.05, 4.69) is 58.0 Å². The summed E-state index contributed by atoms with van der Waals surface area (Å²) in [6.45, 7) is 8.33. The number of rotatable bonds is 9. The van der Waals surface area contributed by atoms with E-state index >= 15 is 0 Å². The maximum atomic E-state index is 5.89. The summed E-state index contributed by atoms with van der Waals surface area (Å²) in [5, 5.41) is 0. The molecule has 2 nitrogen and oxygen atoms in total. The molecule has 1 aromatic carbocycles. The van der Waals surface area contributed by atoms with Gasteiger partial charge in [0.25, 0.3) is 0 Å². The molecule has 0 atom stereocenters. The molecular weight excluding hydrogens is 252 g/mol. The molecular formula is C16H27O2Si. The second kappa shape index (κ2) is 9.29. The molecule has 0 spiro atoms. The number of unbranched alkanes of at least 4 members (excludes halogenated alkanes) is 1. The number of aryl methyl sites for hydroxylation is 1. The molecule has 0 aliphatic rings. The van der Waals surface area contributed by atoms with Crippen LogP contribution in [0.2, 0.25) is 6.04 Å². The Morgan fingerprint density at radius 2 is 1.47 bits per heavy atom. The van der Waals surface area contributed by atoms with E-state index in [0.717, 1.165) is 12.5 Å². The van der Waals surface area contributed by atoms with E-state index in [4.69, 9.17) is 8.85 Å². The van der Waals surface area contributed by atoms with Crippen LogP contribution < -0.4 is 0 Å². The molecule has 0 unspecified atom stereocenters. The lowest BCUT2D eigenvalue weighted by Gasteiger charge is -2.20. The van der Waals surface area contributed by atoms with Crippen molar-refractivity contribution in [1.29, 1.82) is 0 Å². The fourth-order valence-electron chi connectivity index (χ4n) is 1.91. The molecule has 0 heterocycles. The molecule has 3 heteroatoms. The maximum absolute atomic E-state index is 5.89. The van der Waals surface area contributed by atoms with E-state index in [9.17, 15) is 0 Å². The molecule has 0 saturated carbocycles. The largest absolute Gasteiger partial charge is 0.391 e. The highest BCUT2D eigenvalue weighted by molar-refractivity contribution is 6.44. The summed E-state index contributed by atoms with van der Waals surface area (Å²) in [5.74, 6) is 0. The van der Waals surface area contributed by atoms with E-state index in [-0.39, 0.29) is 12.2 Å². The summed E-state index contributed by atoms with van der Waals surface area (Å²) < 4.78 is 11.8. The van der Waals surface area contributed by atoms with Crippen LogP contribution in [0.4, 0.5) is 0 Å². The van der Waals surface area contributed by atoms with E-state index in [1.54, 1.807) is 0 Å². The van der Waals surface area contributed by atoms with Crippen molar-refractivity contribution in [2.45, 2.75) is 65.2 Å². The number of hydrogen-bond donors (Lipinski definition) is 0. The predicted molar refractivity (Wildman–Crippen MR) is 82.4 cm³/mol. The van der Waals surface area contributed by atoms with Gasteiger partial charge in [-0.05, 0) is 52.1 Å². The van der Waals surface area contributed by atoms with Crippen molar-refractivity contribution in [2.24, 2.45) is 0 Å². The summed E-state index contributed by atoms with van der Waals surface area (Å²) in [4.78, 5) is 0. The summed E-state index contributed by atoms with van der Waals surface area (Å²) in [6, 6.07) is 11.7. The van der Waals surface area contributed by atoms with Crippen molar-refractivity contribution in [3.63, 3.8) is 0 Å². The van der Waals surface area contributed by atoms with Crippen LogP contribution in [0.25, 0.3) is 0 Å². The molecule has 0 fully saturated rings. The molecule has 0 amide bonds. The average Bonchev–Trinajstić information content (AvgIpc) is 2.34. The van der Waals surface area contributed by atoms with Crippen LogP contribution in [0.15, 0.2) is 30.3 Å². The SMILES string of the molecule is CC(C)O[Si](CCCCc1ccccc1)OC(C)C. The van der Waals surface area contributed by atoms with Crippen molar-refractivity contribution in [2.75, 3.05) is 0 Å². The normalized spacial score (nSPS) is 11.7. The number of hydrogen-bond acceptors (Lipinski definition) is 2. The fourth-order valence-corrected chi connectivity index (χ4v) is 3.80. The average molecular weight is 279 g/mol. The van der Waals surface area contributed by atoms with Gasteiger partial charge in [0.1, 0.15) is 0 Å². The van der Waals surface area contributed by atoms with Gasteiger partial charge in [-0.25, -0.2) is 0 Å². The summed E-state index contributed by atoms with van der Waals surface area (Å²) in [5.41, 5.74) is 1.42. The molecule has 1 rings (SSSR count). The van der Waals surface area contributed by atoms with Crippen molar-refractivity contribution in [3.8, 4) is 0 Å². The van der Waals surface area contributed by atoms with Crippen LogP contribution in [-0.2, 0) is 15.3 Å². The van der Waals surface area contributed by atoms with Gasteiger partial charge in [-0.3, -0.25) is 0 Å². The standard InChI is InChI=1S/C16H27O2Si/c1-14(2)17-19(18-15(3)4)13-9-8-12-16-10-6-5-7-11-16/h5-7,10-11,14-15H,8-9,12-13H2,1-4H3. The first kappa shape index (κ1) is 16.4. The van der Waals surface area contributed by atoms with Crippen molar-refractivity contribution in [1.82, 2.24) is 0 Å². The van der Waals surface area contributed by atoms with Crippen LogP contribution in [0.5, 0.6) is 0 Å². The van der Waals surface area contributed by atoms with Crippen LogP contribution in [0.3, 0.4) is 0 Å². The highest BCUT2D eigenvalue weighted by atomic mass is 28.3. The molecule has 0 aliphatic heterocycles. The zero-order valence-electron chi connectivity index (χ0n) is 12.7. The van der Waals surface area contributed by atoms with Gasteiger partial charge in [0.2, 0.25) is 0 Å². The molecule has 0 saturated heterocycles. The monoisotopic (exact) mass is 279 g/mol. The first-order valence-electron chi connectivity index (χ1n) is 7.31. The lowest BCUT2D eigenvalue weighted by molar-refractivity contribution is 0.129. The van der Waals surface area contributed by atoms with Crippen molar-refractivity contribution >= 4 is 9.28 Å². The van der Waals surface area contributed by atoms with E-state index in [1.807, 2.05) is 0 Å². The zero-order valence-corrected chi connectivity index (χ0v) is 13.7. The summed E-state index contributed by atoms with van der Waals surface area (Å²) in [6.07, 6.45) is 4.08. The third-order valence-corrected chi connectivity index (χ3v) is 4.90. The van der Waals surface area contributed by atoms with Crippen molar-refractivity contribution < 1.29 is 8.85 Å². The summed E-state index contributed by atoms with van der Waals surface area (Å²) >= 11 is 0. The molecule has 1 radical (unpaired) electrons. The fraction of sp³-hybridized carbons (Fsp3) is 0.625. The topological polar surface area (TPSA) is 18.5 Å². The molecule has 1 aromatic rings. The highest BCUT2D eigenvalue weighted by Gasteiger charge is 2.18. The molecule has 19 heavy (non-hydrogen) atoms. The van der Waals surface area contributed by atoms with Gasteiger partial charge in [-0.2, -0.15) is 0 Å². The summed E-state index contributed by atoms with van der Waals surface area (Å²) in [7, 11) is -1.10. The Morgan fingerprint density at radius 1 is 0.895 bits per heavy atom. The third-order valence-electron chi connectivity index (χ3n) is 2.67. The zero-order chi connectivity index (χ0) is 14.1. The van der Waals surface area contributed by atoms with Crippen LogP contribution in [0.1, 0.15) is 46.1 Å². The Bertz CT molecular complexity index is 315.